The third-order valence-electron chi connectivity index (χ3n) is 3.59. The van der Waals surface area contributed by atoms with Gasteiger partial charge in [-0.2, -0.15) is 0 Å². The van der Waals surface area contributed by atoms with Crippen LogP contribution in [0.15, 0.2) is 54.7 Å². The van der Waals surface area contributed by atoms with E-state index in [1.54, 1.807) is 30.5 Å². The predicted octanol–water partition coefficient (Wildman–Crippen LogP) is 3.85. The Bertz CT molecular complexity index is 848. The molecule has 3 rings (SSSR count). The monoisotopic (exact) mass is 310 g/mol. The molecule has 0 radical (unpaired) electrons. The number of nitrogens with two attached hydrogens (primary N) is 1. The number of ether oxygens (including phenoxy) is 1. The fourth-order valence-corrected chi connectivity index (χ4v) is 2.35. The minimum absolute atomic E-state index is 0.0532. The summed E-state index contributed by atoms with van der Waals surface area (Å²) in [6.45, 7) is 0. The molecule has 1 heterocycles. The Kier molecular flexibility index (Phi) is 3.85. The molecule has 0 aliphatic carbocycles. The summed E-state index contributed by atoms with van der Waals surface area (Å²) in [5, 5.41) is 9.70. The maximum Gasteiger partial charge on any atom is 0.161 e. The first-order valence-electron chi connectivity index (χ1n) is 6.97. The standard InChI is InChI=1S/C18H15FN2O2/c1-23-17-9-12(4-7-16(17)22)15-8-13(10-21-18(15)20)11-2-5-14(19)6-3-11/h2-10,22H,1H3,(H2,20,21). The summed E-state index contributed by atoms with van der Waals surface area (Å²) in [5.74, 6) is 0.482. The number of benzene rings is 2. The van der Waals surface area contributed by atoms with E-state index in [9.17, 15) is 9.50 Å². The van der Waals surface area contributed by atoms with E-state index >= 15 is 0 Å². The minimum Gasteiger partial charge on any atom is -0.504 e. The first kappa shape index (κ1) is 14.8. The molecule has 0 aliphatic rings. The number of anilines is 1. The first-order chi connectivity index (χ1) is 11.1. The molecular formula is C18H15FN2O2. The van der Waals surface area contributed by atoms with Crippen LogP contribution in [0.4, 0.5) is 10.2 Å². The lowest BCUT2D eigenvalue weighted by atomic mass is 10.0. The number of pyridine rings is 1. The predicted molar refractivity (Wildman–Crippen MR) is 87.7 cm³/mol. The van der Waals surface area contributed by atoms with Gasteiger partial charge in [-0.3, -0.25) is 0 Å². The zero-order valence-electron chi connectivity index (χ0n) is 12.5. The molecule has 0 atom stereocenters. The molecule has 0 fully saturated rings. The first-order valence-corrected chi connectivity index (χ1v) is 6.97. The van der Waals surface area contributed by atoms with Crippen LogP contribution >= 0.6 is 0 Å². The van der Waals surface area contributed by atoms with Gasteiger partial charge in [0.15, 0.2) is 11.5 Å². The van der Waals surface area contributed by atoms with Crippen LogP contribution in [0.1, 0.15) is 0 Å². The number of hydrogen-bond donors (Lipinski definition) is 2. The van der Waals surface area contributed by atoms with Gasteiger partial charge in [-0.15, -0.1) is 0 Å². The van der Waals surface area contributed by atoms with Crippen LogP contribution in [0.25, 0.3) is 22.3 Å². The lowest BCUT2D eigenvalue weighted by molar-refractivity contribution is 0.373. The van der Waals surface area contributed by atoms with Gasteiger partial charge in [-0.05, 0) is 41.5 Å². The van der Waals surface area contributed by atoms with E-state index in [1.165, 1.54) is 25.3 Å². The number of nitrogen functional groups attached to an aromatic ring is 1. The van der Waals surface area contributed by atoms with E-state index in [2.05, 4.69) is 4.98 Å². The average molecular weight is 310 g/mol. The summed E-state index contributed by atoms with van der Waals surface area (Å²) in [5.41, 5.74) is 9.12. The molecule has 0 spiro atoms. The quantitative estimate of drug-likeness (QED) is 0.771. The minimum atomic E-state index is -0.291. The maximum absolute atomic E-state index is 13.1. The van der Waals surface area contributed by atoms with Gasteiger partial charge in [0, 0.05) is 17.3 Å². The summed E-state index contributed by atoms with van der Waals surface area (Å²) in [6.07, 6.45) is 1.64. The van der Waals surface area contributed by atoms with E-state index in [0.29, 0.717) is 17.1 Å². The Morgan fingerprint density at radius 2 is 1.70 bits per heavy atom. The smallest absolute Gasteiger partial charge is 0.161 e. The van der Waals surface area contributed by atoms with Gasteiger partial charge in [-0.25, -0.2) is 9.37 Å². The molecule has 0 saturated heterocycles. The van der Waals surface area contributed by atoms with Crippen LogP contribution in [0.3, 0.4) is 0 Å². The van der Waals surface area contributed by atoms with E-state index < -0.39 is 0 Å². The van der Waals surface area contributed by atoms with Crippen molar-refractivity contribution in [1.29, 1.82) is 0 Å². The second kappa shape index (κ2) is 5.96. The molecule has 0 amide bonds. The van der Waals surface area contributed by atoms with Crippen LogP contribution < -0.4 is 10.5 Å². The Morgan fingerprint density at radius 1 is 1.00 bits per heavy atom. The van der Waals surface area contributed by atoms with Gasteiger partial charge in [0.1, 0.15) is 11.6 Å². The molecule has 2 aromatic carbocycles. The summed E-state index contributed by atoms with van der Waals surface area (Å²) in [7, 11) is 1.48. The normalized spacial score (nSPS) is 10.5. The van der Waals surface area contributed by atoms with Crippen molar-refractivity contribution in [3.8, 4) is 33.8 Å². The summed E-state index contributed by atoms with van der Waals surface area (Å²) in [6, 6.07) is 13.0. The number of phenols is 1. The Balaban J connectivity index is 2.09. The number of nitrogens with zero attached hydrogens (tertiary/aromatic N) is 1. The van der Waals surface area contributed by atoms with Gasteiger partial charge in [0.05, 0.1) is 7.11 Å². The third kappa shape index (κ3) is 2.94. The molecule has 0 saturated carbocycles. The molecule has 0 aliphatic heterocycles. The average Bonchev–Trinajstić information content (AvgIpc) is 2.57. The highest BCUT2D eigenvalue weighted by molar-refractivity contribution is 5.80. The number of halogens is 1. The van der Waals surface area contributed by atoms with Crippen molar-refractivity contribution >= 4 is 5.82 Å². The summed E-state index contributed by atoms with van der Waals surface area (Å²) in [4.78, 5) is 4.21. The zero-order chi connectivity index (χ0) is 16.4. The van der Waals surface area contributed by atoms with Crippen LogP contribution in [0.5, 0.6) is 11.5 Å². The van der Waals surface area contributed by atoms with E-state index in [0.717, 1.165) is 16.7 Å². The van der Waals surface area contributed by atoms with Crippen molar-refractivity contribution in [2.45, 2.75) is 0 Å². The van der Waals surface area contributed by atoms with E-state index in [-0.39, 0.29) is 11.6 Å². The molecule has 116 valence electrons. The van der Waals surface area contributed by atoms with Gasteiger partial charge in [-0.1, -0.05) is 18.2 Å². The second-order valence-corrected chi connectivity index (χ2v) is 5.05. The van der Waals surface area contributed by atoms with Gasteiger partial charge < -0.3 is 15.6 Å². The number of aromatic nitrogens is 1. The van der Waals surface area contributed by atoms with Crippen molar-refractivity contribution < 1.29 is 14.2 Å². The molecule has 0 bridgehead atoms. The molecule has 5 heteroatoms. The molecule has 3 aromatic rings. The highest BCUT2D eigenvalue weighted by atomic mass is 19.1. The second-order valence-electron chi connectivity index (χ2n) is 5.05. The van der Waals surface area contributed by atoms with Crippen molar-refractivity contribution in [3.63, 3.8) is 0 Å². The van der Waals surface area contributed by atoms with E-state index in [4.69, 9.17) is 10.5 Å². The Hall–Kier alpha value is -3.08. The molecule has 4 nitrogen and oxygen atoms in total. The highest BCUT2D eigenvalue weighted by Gasteiger charge is 2.10. The fraction of sp³-hybridized carbons (Fsp3) is 0.0556. The van der Waals surface area contributed by atoms with Gasteiger partial charge in [0.25, 0.3) is 0 Å². The number of hydrogen-bond acceptors (Lipinski definition) is 4. The van der Waals surface area contributed by atoms with Crippen molar-refractivity contribution in [2.24, 2.45) is 0 Å². The number of methoxy groups -OCH3 is 1. The van der Waals surface area contributed by atoms with Crippen LogP contribution in [0.2, 0.25) is 0 Å². The number of aromatic hydroxyl groups is 1. The van der Waals surface area contributed by atoms with Gasteiger partial charge in [0.2, 0.25) is 0 Å². The largest absolute Gasteiger partial charge is 0.504 e. The number of phenolic OH excluding ortho intramolecular Hbond substituents is 1. The Morgan fingerprint density at radius 3 is 2.39 bits per heavy atom. The van der Waals surface area contributed by atoms with Crippen molar-refractivity contribution in [3.05, 3.63) is 60.5 Å². The van der Waals surface area contributed by atoms with Crippen LogP contribution in [-0.2, 0) is 0 Å². The lowest BCUT2D eigenvalue weighted by Gasteiger charge is -2.10. The molecular weight excluding hydrogens is 295 g/mol. The van der Waals surface area contributed by atoms with Crippen molar-refractivity contribution in [2.75, 3.05) is 12.8 Å². The molecule has 0 unspecified atom stereocenters. The topological polar surface area (TPSA) is 68.4 Å². The molecule has 23 heavy (non-hydrogen) atoms. The summed E-state index contributed by atoms with van der Waals surface area (Å²) >= 11 is 0. The SMILES string of the molecule is COc1cc(-c2cc(-c3ccc(F)cc3)cnc2N)ccc1O. The van der Waals surface area contributed by atoms with Crippen molar-refractivity contribution in [1.82, 2.24) is 4.98 Å². The molecule has 1 aromatic heterocycles. The summed E-state index contributed by atoms with van der Waals surface area (Å²) < 4.78 is 18.2. The third-order valence-corrected chi connectivity index (χ3v) is 3.59. The lowest BCUT2D eigenvalue weighted by Crippen LogP contribution is -1.95. The fourth-order valence-electron chi connectivity index (χ4n) is 2.35. The van der Waals surface area contributed by atoms with Crippen LogP contribution in [-0.4, -0.2) is 17.2 Å². The Labute approximate surface area is 133 Å². The maximum atomic E-state index is 13.1. The van der Waals surface area contributed by atoms with E-state index in [1.807, 2.05) is 6.07 Å². The number of rotatable bonds is 3. The van der Waals surface area contributed by atoms with Gasteiger partial charge >= 0.3 is 0 Å². The van der Waals surface area contributed by atoms with Crippen LogP contribution in [0, 0.1) is 5.82 Å². The highest BCUT2D eigenvalue weighted by Crippen LogP contribution is 2.35. The molecule has 3 N–H and O–H groups in total. The zero-order valence-corrected chi connectivity index (χ0v) is 12.5.